The van der Waals surface area contributed by atoms with Crippen LogP contribution in [-0.2, 0) is 13.8 Å². The number of carbonyl (C=O) groups excluding carboxylic acids is 1. The van der Waals surface area contributed by atoms with Gasteiger partial charge in [-0.25, -0.2) is 8.42 Å². The molecule has 100 valence electrons. The molecule has 1 aromatic rings. The highest BCUT2D eigenvalue weighted by Crippen LogP contribution is 2.29. The zero-order chi connectivity index (χ0) is 13.9. The molecule has 0 fully saturated rings. The summed E-state index contributed by atoms with van der Waals surface area (Å²) >= 11 is 0. The molecule has 18 heavy (non-hydrogen) atoms. The Balaban J connectivity index is 3.11. The highest BCUT2D eigenvalue weighted by atomic mass is 35.7. The molecule has 7 heteroatoms. The third kappa shape index (κ3) is 3.61. The van der Waals surface area contributed by atoms with E-state index in [4.69, 9.17) is 15.4 Å². The summed E-state index contributed by atoms with van der Waals surface area (Å²) in [5, 5.41) is 2.64. The fourth-order valence-corrected chi connectivity index (χ4v) is 2.23. The molecular weight excluding hydrogens is 278 g/mol. The minimum atomic E-state index is -3.87. The lowest BCUT2D eigenvalue weighted by molar-refractivity contribution is -0.118. The lowest BCUT2D eigenvalue weighted by atomic mass is 10.2. The third-order valence-electron chi connectivity index (χ3n) is 2.22. The molecule has 0 aliphatic rings. The van der Waals surface area contributed by atoms with Gasteiger partial charge in [0.1, 0.15) is 10.6 Å². The number of rotatable bonds is 4. The number of hydrogen-bond acceptors (Lipinski definition) is 4. The molecule has 0 bridgehead atoms. The smallest absolute Gasteiger partial charge is 0.264 e. The fraction of sp³-hybridized carbons (Fsp3) is 0.364. The van der Waals surface area contributed by atoms with E-state index in [0.29, 0.717) is 5.69 Å². The molecule has 0 aromatic heterocycles. The number of halogens is 1. The summed E-state index contributed by atoms with van der Waals surface area (Å²) in [7, 11) is 2.71. The standard InChI is InChI=1S/C11H14ClNO4S/c1-7(2)11(14)13-8-4-5-10(18(12,15)16)9(6-8)17-3/h4-7H,1-3H3,(H,13,14). The van der Waals surface area contributed by atoms with Crippen molar-refractivity contribution in [3.8, 4) is 5.75 Å². The third-order valence-corrected chi connectivity index (χ3v) is 3.58. The molecule has 0 saturated heterocycles. The molecule has 1 aromatic carbocycles. The Hall–Kier alpha value is -1.27. The molecule has 0 radical (unpaired) electrons. The summed E-state index contributed by atoms with van der Waals surface area (Å²) in [5.41, 5.74) is 0.453. The van der Waals surface area contributed by atoms with Crippen LogP contribution in [0.4, 0.5) is 5.69 Å². The van der Waals surface area contributed by atoms with E-state index in [2.05, 4.69) is 5.32 Å². The first kappa shape index (κ1) is 14.8. The van der Waals surface area contributed by atoms with Gasteiger partial charge in [0.25, 0.3) is 9.05 Å². The van der Waals surface area contributed by atoms with Gasteiger partial charge in [0.15, 0.2) is 0 Å². The van der Waals surface area contributed by atoms with Gasteiger partial charge in [-0.15, -0.1) is 0 Å². The van der Waals surface area contributed by atoms with Gasteiger partial charge >= 0.3 is 0 Å². The van der Waals surface area contributed by atoms with Gasteiger partial charge in [0.05, 0.1) is 7.11 Å². The number of benzene rings is 1. The highest BCUT2D eigenvalue weighted by Gasteiger charge is 2.17. The van der Waals surface area contributed by atoms with Crippen LogP contribution in [0.15, 0.2) is 23.1 Å². The average Bonchev–Trinajstić information content (AvgIpc) is 2.27. The second kappa shape index (κ2) is 5.58. The van der Waals surface area contributed by atoms with Crippen molar-refractivity contribution in [2.45, 2.75) is 18.7 Å². The molecule has 5 nitrogen and oxygen atoms in total. The fourth-order valence-electron chi connectivity index (χ4n) is 1.23. The van der Waals surface area contributed by atoms with Crippen LogP contribution in [0.5, 0.6) is 5.75 Å². The first-order valence-electron chi connectivity index (χ1n) is 5.19. The monoisotopic (exact) mass is 291 g/mol. The van der Waals surface area contributed by atoms with Crippen LogP contribution in [0.3, 0.4) is 0 Å². The Bertz CT molecular complexity index is 554. The predicted octanol–water partition coefficient (Wildman–Crippen LogP) is 2.22. The lowest BCUT2D eigenvalue weighted by Crippen LogP contribution is -2.17. The van der Waals surface area contributed by atoms with Crippen LogP contribution in [0.25, 0.3) is 0 Å². The van der Waals surface area contributed by atoms with E-state index in [1.165, 1.54) is 25.3 Å². The number of hydrogen-bond donors (Lipinski definition) is 1. The van der Waals surface area contributed by atoms with Crippen LogP contribution in [0, 0.1) is 5.92 Å². The maximum atomic E-state index is 11.5. The molecule has 0 aliphatic heterocycles. The van der Waals surface area contributed by atoms with Gasteiger partial charge in [-0.05, 0) is 12.1 Å². The van der Waals surface area contributed by atoms with Crippen LogP contribution < -0.4 is 10.1 Å². The summed E-state index contributed by atoms with van der Waals surface area (Å²) in [6, 6.07) is 4.16. The van der Waals surface area contributed by atoms with Crippen molar-refractivity contribution >= 4 is 31.3 Å². The van der Waals surface area contributed by atoms with Gasteiger partial charge in [-0.1, -0.05) is 13.8 Å². The van der Waals surface area contributed by atoms with Crippen molar-refractivity contribution in [2.75, 3.05) is 12.4 Å². The zero-order valence-electron chi connectivity index (χ0n) is 10.2. The molecule has 1 rings (SSSR count). The Kier molecular flexibility index (Phi) is 4.59. The molecule has 0 heterocycles. The van der Waals surface area contributed by atoms with Crippen molar-refractivity contribution in [1.82, 2.24) is 0 Å². The van der Waals surface area contributed by atoms with Gasteiger partial charge in [-0.3, -0.25) is 4.79 Å². The Labute approximate surface area is 111 Å². The molecule has 0 saturated carbocycles. The van der Waals surface area contributed by atoms with E-state index in [-0.39, 0.29) is 22.5 Å². The maximum Gasteiger partial charge on any atom is 0.264 e. The summed E-state index contributed by atoms with van der Waals surface area (Å²) < 4.78 is 27.4. The van der Waals surface area contributed by atoms with E-state index in [1.807, 2.05) is 0 Å². The SMILES string of the molecule is COc1cc(NC(=O)C(C)C)ccc1S(=O)(=O)Cl. The number of anilines is 1. The van der Waals surface area contributed by atoms with E-state index >= 15 is 0 Å². The topological polar surface area (TPSA) is 72.5 Å². The normalized spacial score (nSPS) is 11.4. The summed E-state index contributed by atoms with van der Waals surface area (Å²) in [4.78, 5) is 11.4. The molecule has 1 N–H and O–H groups in total. The second-order valence-electron chi connectivity index (χ2n) is 3.95. The highest BCUT2D eigenvalue weighted by molar-refractivity contribution is 8.13. The van der Waals surface area contributed by atoms with Gasteiger partial charge in [0, 0.05) is 28.4 Å². The van der Waals surface area contributed by atoms with Crippen molar-refractivity contribution < 1.29 is 17.9 Å². The lowest BCUT2D eigenvalue weighted by Gasteiger charge is -2.11. The number of nitrogens with one attached hydrogen (secondary N) is 1. The van der Waals surface area contributed by atoms with Gasteiger partial charge in [0.2, 0.25) is 5.91 Å². The predicted molar refractivity (Wildman–Crippen MR) is 69.5 cm³/mol. The van der Waals surface area contributed by atoms with Crippen molar-refractivity contribution in [3.63, 3.8) is 0 Å². The summed E-state index contributed by atoms with van der Waals surface area (Å²) in [5.74, 6) is -0.252. The van der Waals surface area contributed by atoms with Crippen LogP contribution in [0.1, 0.15) is 13.8 Å². The minimum Gasteiger partial charge on any atom is -0.495 e. The molecule has 0 aliphatic carbocycles. The van der Waals surface area contributed by atoms with E-state index < -0.39 is 9.05 Å². The first-order valence-corrected chi connectivity index (χ1v) is 7.50. The zero-order valence-corrected chi connectivity index (χ0v) is 11.8. The minimum absolute atomic E-state index is 0.0894. The summed E-state index contributed by atoms with van der Waals surface area (Å²) in [6.07, 6.45) is 0. The number of carbonyl (C=O) groups is 1. The quantitative estimate of drug-likeness (QED) is 0.863. The van der Waals surface area contributed by atoms with E-state index in [0.717, 1.165) is 0 Å². The first-order chi connectivity index (χ1) is 8.25. The molecule has 0 atom stereocenters. The van der Waals surface area contributed by atoms with Gasteiger partial charge in [-0.2, -0.15) is 0 Å². The largest absolute Gasteiger partial charge is 0.495 e. The van der Waals surface area contributed by atoms with Crippen molar-refractivity contribution in [1.29, 1.82) is 0 Å². The number of methoxy groups -OCH3 is 1. The Morgan fingerprint density at radius 2 is 2.00 bits per heavy atom. The number of ether oxygens (including phenoxy) is 1. The average molecular weight is 292 g/mol. The summed E-state index contributed by atoms with van der Waals surface area (Å²) in [6.45, 7) is 3.51. The molecular formula is C11H14ClNO4S. The maximum absolute atomic E-state index is 11.5. The van der Waals surface area contributed by atoms with Crippen molar-refractivity contribution in [3.05, 3.63) is 18.2 Å². The second-order valence-corrected chi connectivity index (χ2v) is 6.48. The van der Waals surface area contributed by atoms with Crippen molar-refractivity contribution in [2.24, 2.45) is 5.92 Å². The Morgan fingerprint density at radius 1 is 1.39 bits per heavy atom. The Morgan fingerprint density at radius 3 is 2.44 bits per heavy atom. The molecule has 0 spiro atoms. The van der Waals surface area contributed by atoms with E-state index in [1.54, 1.807) is 13.8 Å². The van der Waals surface area contributed by atoms with Gasteiger partial charge < -0.3 is 10.1 Å². The molecule has 0 unspecified atom stereocenters. The van der Waals surface area contributed by atoms with Crippen LogP contribution >= 0.6 is 10.7 Å². The molecule has 1 amide bonds. The van der Waals surface area contributed by atoms with Crippen LogP contribution in [0.2, 0.25) is 0 Å². The van der Waals surface area contributed by atoms with E-state index in [9.17, 15) is 13.2 Å². The van der Waals surface area contributed by atoms with Crippen LogP contribution in [-0.4, -0.2) is 21.4 Å². The number of amides is 1.